The van der Waals surface area contributed by atoms with Gasteiger partial charge in [0.05, 0.1) is 12.5 Å². The summed E-state index contributed by atoms with van der Waals surface area (Å²) < 4.78 is 11.2. The third-order valence-corrected chi connectivity index (χ3v) is 5.23. The molecule has 3 heterocycles. The molecule has 94 valence electrons. The highest BCUT2D eigenvalue weighted by atomic mass is 32.2. The van der Waals surface area contributed by atoms with Crippen molar-refractivity contribution in [1.82, 2.24) is 0 Å². The zero-order chi connectivity index (χ0) is 12.6. The maximum atomic E-state index is 5.68. The van der Waals surface area contributed by atoms with Crippen LogP contribution in [-0.2, 0) is 4.75 Å². The second-order valence-corrected chi connectivity index (χ2v) is 6.08. The van der Waals surface area contributed by atoms with E-state index in [1.54, 1.807) is 12.5 Å². The number of thioether (sulfide) groups is 1. The Hall–Kier alpha value is -1.35. The minimum absolute atomic E-state index is 0.198. The molecule has 0 unspecified atom stereocenters. The molecule has 0 saturated heterocycles. The van der Waals surface area contributed by atoms with Crippen LogP contribution in [0.5, 0.6) is 0 Å². The van der Waals surface area contributed by atoms with Gasteiger partial charge in [0.2, 0.25) is 0 Å². The van der Waals surface area contributed by atoms with Crippen LogP contribution in [0.25, 0.3) is 0 Å². The van der Waals surface area contributed by atoms with Crippen molar-refractivity contribution in [3.05, 3.63) is 59.5 Å². The quantitative estimate of drug-likeness (QED) is 0.739. The molecule has 3 heteroatoms. The van der Waals surface area contributed by atoms with E-state index in [0.717, 1.165) is 23.7 Å². The molecule has 2 aromatic heterocycles. The molecule has 0 spiro atoms. The van der Waals surface area contributed by atoms with Crippen LogP contribution >= 0.6 is 11.8 Å². The van der Waals surface area contributed by atoms with Crippen molar-refractivity contribution < 1.29 is 8.83 Å². The maximum Gasteiger partial charge on any atom is 0.135 e. The van der Waals surface area contributed by atoms with Gasteiger partial charge >= 0.3 is 0 Å². The average Bonchev–Trinajstić information content (AvgIpc) is 3.04. The molecule has 0 radical (unpaired) electrons. The first-order valence-corrected chi connectivity index (χ1v) is 7.08. The lowest BCUT2D eigenvalue weighted by Crippen LogP contribution is -2.27. The predicted octanol–water partition coefficient (Wildman–Crippen LogP) is 4.59. The van der Waals surface area contributed by atoms with Crippen molar-refractivity contribution in [2.24, 2.45) is 0 Å². The number of furan rings is 2. The summed E-state index contributed by atoms with van der Waals surface area (Å²) in [6.07, 6.45) is 4.42. The smallest absolute Gasteiger partial charge is 0.135 e. The molecule has 0 amide bonds. The highest BCUT2D eigenvalue weighted by Crippen LogP contribution is 2.51. The summed E-state index contributed by atoms with van der Waals surface area (Å²) >= 11 is 1.89. The number of rotatable bonds is 2. The lowest BCUT2D eigenvalue weighted by molar-refractivity contribution is 0.400. The Bertz CT molecular complexity index is 515. The summed E-state index contributed by atoms with van der Waals surface area (Å²) in [5, 5.41) is 0. The summed E-state index contributed by atoms with van der Waals surface area (Å²) in [6, 6.07) is 7.98. The third-order valence-electron chi connectivity index (χ3n) is 3.62. The van der Waals surface area contributed by atoms with E-state index in [9.17, 15) is 0 Å². The van der Waals surface area contributed by atoms with Gasteiger partial charge in [-0.05, 0) is 44.5 Å². The lowest BCUT2D eigenvalue weighted by Gasteiger charge is -2.34. The van der Waals surface area contributed by atoms with Crippen LogP contribution < -0.4 is 0 Å². The van der Waals surface area contributed by atoms with E-state index < -0.39 is 0 Å². The van der Waals surface area contributed by atoms with Crippen LogP contribution in [0.4, 0.5) is 0 Å². The van der Waals surface area contributed by atoms with Gasteiger partial charge in [0.1, 0.15) is 16.3 Å². The minimum atomic E-state index is -0.198. The highest BCUT2D eigenvalue weighted by molar-refractivity contribution is 8.00. The van der Waals surface area contributed by atoms with E-state index in [2.05, 4.69) is 13.8 Å². The van der Waals surface area contributed by atoms with Crippen molar-refractivity contribution in [3.8, 4) is 0 Å². The zero-order valence-corrected chi connectivity index (χ0v) is 11.4. The van der Waals surface area contributed by atoms with Crippen LogP contribution in [-0.4, -0.2) is 5.75 Å². The van der Waals surface area contributed by atoms with E-state index in [1.807, 2.05) is 36.0 Å². The number of hydrogen-bond donors (Lipinski definition) is 0. The van der Waals surface area contributed by atoms with Gasteiger partial charge in [-0.1, -0.05) is 11.1 Å². The molecule has 1 aliphatic heterocycles. The van der Waals surface area contributed by atoms with Crippen LogP contribution in [0.1, 0.15) is 31.8 Å². The summed E-state index contributed by atoms with van der Waals surface area (Å²) in [4.78, 5) is 0. The summed E-state index contributed by atoms with van der Waals surface area (Å²) in [5.74, 6) is 2.98. The molecule has 0 fully saturated rings. The van der Waals surface area contributed by atoms with E-state index >= 15 is 0 Å². The monoisotopic (exact) mass is 260 g/mol. The predicted molar refractivity (Wildman–Crippen MR) is 73.6 cm³/mol. The minimum Gasteiger partial charge on any atom is -0.467 e. The van der Waals surface area contributed by atoms with Crippen LogP contribution in [0.3, 0.4) is 0 Å². The van der Waals surface area contributed by atoms with Crippen molar-refractivity contribution in [3.63, 3.8) is 0 Å². The number of hydrogen-bond acceptors (Lipinski definition) is 3. The topological polar surface area (TPSA) is 26.3 Å². The number of allylic oxidation sites excluding steroid dienone is 1. The Kier molecular flexibility index (Phi) is 2.86. The van der Waals surface area contributed by atoms with Gasteiger partial charge in [0.25, 0.3) is 0 Å². The Morgan fingerprint density at radius 3 is 2.06 bits per heavy atom. The van der Waals surface area contributed by atoms with E-state index in [0.29, 0.717) is 0 Å². The van der Waals surface area contributed by atoms with Gasteiger partial charge in [-0.3, -0.25) is 0 Å². The summed E-state index contributed by atoms with van der Waals surface area (Å²) in [7, 11) is 0. The first-order chi connectivity index (χ1) is 8.72. The Labute approximate surface area is 111 Å². The molecule has 2 nitrogen and oxygen atoms in total. The second kappa shape index (κ2) is 4.39. The molecule has 0 bridgehead atoms. The molecule has 3 rings (SSSR count). The fourth-order valence-electron chi connectivity index (χ4n) is 2.38. The van der Waals surface area contributed by atoms with Gasteiger partial charge in [0.15, 0.2) is 0 Å². The molecule has 0 saturated carbocycles. The molecule has 1 aliphatic rings. The van der Waals surface area contributed by atoms with Gasteiger partial charge < -0.3 is 8.83 Å². The van der Waals surface area contributed by atoms with Crippen molar-refractivity contribution in [1.29, 1.82) is 0 Å². The molecular formula is C15H16O2S. The van der Waals surface area contributed by atoms with Crippen molar-refractivity contribution >= 4 is 11.8 Å². The Balaban J connectivity index is 2.12. The molecule has 18 heavy (non-hydrogen) atoms. The third kappa shape index (κ3) is 1.74. The summed E-state index contributed by atoms with van der Waals surface area (Å²) in [6.45, 7) is 4.41. The first kappa shape index (κ1) is 11.7. The summed E-state index contributed by atoms with van der Waals surface area (Å²) in [5.41, 5.74) is 2.90. The van der Waals surface area contributed by atoms with E-state index in [1.165, 1.54) is 11.1 Å². The van der Waals surface area contributed by atoms with Gasteiger partial charge in [-0.25, -0.2) is 0 Å². The van der Waals surface area contributed by atoms with Crippen LogP contribution in [0.15, 0.2) is 56.8 Å². The molecule has 0 aliphatic carbocycles. The maximum absolute atomic E-state index is 5.68. The fourth-order valence-corrected chi connectivity index (χ4v) is 3.93. The van der Waals surface area contributed by atoms with E-state index in [-0.39, 0.29) is 4.75 Å². The van der Waals surface area contributed by atoms with Crippen LogP contribution in [0.2, 0.25) is 0 Å². The normalized spacial score (nSPS) is 19.2. The Morgan fingerprint density at radius 2 is 1.61 bits per heavy atom. The molecule has 2 aromatic rings. The molecular weight excluding hydrogens is 244 g/mol. The Morgan fingerprint density at radius 1 is 1.00 bits per heavy atom. The average molecular weight is 260 g/mol. The van der Waals surface area contributed by atoms with Gasteiger partial charge in [-0.2, -0.15) is 0 Å². The highest BCUT2D eigenvalue weighted by Gasteiger charge is 2.42. The fraction of sp³-hybridized carbons (Fsp3) is 0.333. The molecule has 0 atom stereocenters. The lowest BCUT2D eigenvalue weighted by atomic mass is 9.91. The zero-order valence-electron chi connectivity index (χ0n) is 10.6. The van der Waals surface area contributed by atoms with Crippen LogP contribution in [0, 0.1) is 0 Å². The standard InChI is InChI=1S/C15H16O2S/c1-11-9-15(18-10-12(11)2,13-5-3-7-16-13)14-6-4-8-17-14/h3-8H,9-10H2,1-2H3. The molecule has 0 aromatic carbocycles. The largest absolute Gasteiger partial charge is 0.467 e. The second-order valence-electron chi connectivity index (χ2n) is 4.81. The van der Waals surface area contributed by atoms with Crippen molar-refractivity contribution in [2.45, 2.75) is 25.0 Å². The molecule has 0 N–H and O–H groups in total. The van der Waals surface area contributed by atoms with Crippen molar-refractivity contribution in [2.75, 3.05) is 5.75 Å². The van der Waals surface area contributed by atoms with Gasteiger partial charge in [-0.15, -0.1) is 11.8 Å². The SMILES string of the molecule is CC1=C(C)CC(c2ccco2)(c2ccco2)SC1. The first-order valence-electron chi connectivity index (χ1n) is 6.09. The van der Waals surface area contributed by atoms with E-state index in [4.69, 9.17) is 8.83 Å². The van der Waals surface area contributed by atoms with Gasteiger partial charge in [0, 0.05) is 5.75 Å².